The molecule has 0 bridgehead atoms. The van der Waals surface area contributed by atoms with Gasteiger partial charge in [-0.1, -0.05) is 23.7 Å². The second-order valence-corrected chi connectivity index (χ2v) is 6.24. The molecule has 0 N–H and O–H groups in total. The number of pyridine rings is 1. The molecule has 3 rings (SSSR count). The molecule has 5 heteroatoms. The van der Waals surface area contributed by atoms with Gasteiger partial charge in [-0.2, -0.15) is 0 Å². The fourth-order valence-corrected chi connectivity index (χ4v) is 2.99. The number of nitrogens with zero attached hydrogens (tertiary/aromatic N) is 2. The van der Waals surface area contributed by atoms with Crippen LogP contribution >= 0.6 is 11.6 Å². The molecule has 1 aliphatic rings. The standard InChI is InChI=1S/C18H19ClN2O2/c1-13-12-23-17(15-3-2-4-16(19)10-15)11-21(13)18(22)9-14-5-7-20-8-6-14/h2-8,10,13,17H,9,11-12H2,1H3/t13-,17-/m0/s1. The van der Waals surface area contributed by atoms with Gasteiger partial charge in [-0.15, -0.1) is 0 Å². The van der Waals surface area contributed by atoms with Crippen LogP contribution in [0.2, 0.25) is 5.02 Å². The summed E-state index contributed by atoms with van der Waals surface area (Å²) in [5.74, 6) is 0.110. The Hall–Kier alpha value is -1.91. The molecule has 120 valence electrons. The van der Waals surface area contributed by atoms with E-state index in [4.69, 9.17) is 16.3 Å². The van der Waals surface area contributed by atoms with Gasteiger partial charge in [-0.05, 0) is 42.3 Å². The second-order valence-electron chi connectivity index (χ2n) is 5.80. The van der Waals surface area contributed by atoms with E-state index in [1.807, 2.05) is 48.2 Å². The number of hydrogen-bond donors (Lipinski definition) is 0. The first kappa shape index (κ1) is 16.0. The van der Waals surface area contributed by atoms with Crippen LogP contribution in [0, 0.1) is 0 Å². The zero-order valence-corrected chi connectivity index (χ0v) is 13.7. The normalized spacial score (nSPS) is 21.2. The molecule has 1 fully saturated rings. The number of amides is 1. The molecule has 0 radical (unpaired) electrons. The minimum atomic E-state index is -0.133. The number of rotatable bonds is 3. The van der Waals surface area contributed by atoms with Crippen LogP contribution in [0.15, 0.2) is 48.8 Å². The molecule has 0 spiro atoms. The molecule has 1 aliphatic heterocycles. The number of morpholine rings is 1. The van der Waals surface area contributed by atoms with Gasteiger partial charge in [0.05, 0.1) is 25.6 Å². The third-order valence-corrected chi connectivity index (χ3v) is 4.31. The van der Waals surface area contributed by atoms with Gasteiger partial charge in [0.25, 0.3) is 0 Å². The predicted molar refractivity (Wildman–Crippen MR) is 89.3 cm³/mol. The Morgan fingerprint density at radius 2 is 2.13 bits per heavy atom. The molecule has 0 saturated carbocycles. The lowest BCUT2D eigenvalue weighted by Crippen LogP contribution is -2.48. The SMILES string of the molecule is C[C@H]1CO[C@H](c2cccc(Cl)c2)CN1C(=O)Cc1ccncc1. The van der Waals surface area contributed by atoms with Crippen LogP contribution in [0.25, 0.3) is 0 Å². The maximum atomic E-state index is 12.6. The molecule has 4 nitrogen and oxygen atoms in total. The van der Waals surface area contributed by atoms with Crippen molar-refractivity contribution in [2.24, 2.45) is 0 Å². The summed E-state index contributed by atoms with van der Waals surface area (Å²) in [6.45, 7) is 3.09. The minimum Gasteiger partial charge on any atom is -0.370 e. The minimum absolute atomic E-state index is 0.0692. The van der Waals surface area contributed by atoms with Gasteiger partial charge in [0.2, 0.25) is 5.91 Å². The van der Waals surface area contributed by atoms with Crippen LogP contribution in [0.5, 0.6) is 0 Å². The van der Waals surface area contributed by atoms with E-state index in [-0.39, 0.29) is 18.1 Å². The van der Waals surface area contributed by atoms with Gasteiger partial charge in [0.15, 0.2) is 0 Å². The van der Waals surface area contributed by atoms with Crippen LogP contribution in [0.1, 0.15) is 24.2 Å². The third-order valence-electron chi connectivity index (χ3n) is 4.08. The van der Waals surface area contributed by atoms with Crippen LogP contribution in [-0.2, 0) is 16.0 Å². The third kappa shape index (κ3) is 3.89. The summed E-state index contributed by atoms with van der Waals surface area (Å²) in [7, 11) is 0. The van der Waals surface area contributed by atoms with Crippen LogP contribution < -0.4 is 0 Å². The first-order valence-corrected chi connectivity index (χ1v) is 8.06. The lowest BCUT2D eigenvalue weighted by atomic mass is 10.0. The Labute approximate surface area is 141 Å². The summed E-state index contributed by atoms with van der Waals surface area (Å²) in [4.78, 5) is 18.5. The number of ether oxygens (including phenoxy) is 1. The second kappa shape index (κ2) is 7.11. The highest BCUT2D eigenvalue weighted by Gasteiger charge is 2.30. The molecular weight excluding hydrogens is 312 g/mol. The van der Waals surface area contributed by atoms with E-state index < -0.39 is 0 Å². The fraction of sp³-hybridized carbons (Fsp3) is 0.333. The Morgan fingerprint density at radius 1 is 1.35 bits per heavy atom. The lowest BCUT2D eigenvalue weighted by molar-refractivity contribution is -0.143. The molecule has 0 aliphatic carbocycles. The molecule has 23 heavy (non-hydrogen) atoms. The maximum Gasteiger partial charge on any atom is 0.227 e. The number of carbonyl (C=O) groups is 1. The Balaban J connectivity index is 1.72. The van der Waals surface area contributed by atoms with Crippen LogP contribution in [0.4, 0.5) is 0 Å². The van der Waals surface area contributed by atoms with E-state index in [1.165, 1.54) is 0 Å². The molecule has 2 heterocycles. The van der Waals surface area contributed by atoms with Crippen LogP contribution in [-0.4, -0.2) is 35.0 Å². The molecule has 1 aromatic carbocycles. The van der Waals surface area contributed by atoms with Crippen molar-refractivity contribution in [1.82, 2.24) is 9.88 Å². The molecular formula is C18H19ClN2O2. The van der Waals surface area contributed by atoms with Crippen molar-refractivity contribution < 1.29 is 9.53 Å². The van der Waals surface area contributed by atoms with Crippen LogP contribution in [0.3, 0.4) is 0 Å². The van der Waals surface area contributed by atoms with Gasteiger partial charge in [0, 0.05) is 17.4 Å². The molecule has 1 aromatic heterocycles. The number of aromatic nitrogens is 1. The summed E-state index contributed by atoms with van der Waals surface area (Å²) in [5, 5.41) is 0.680. The van der Waals surface area contributed by atoms with E-state index in [0.717, 1.165) is 11.1 Å². The highest BCUT2D eigenvalue weighted by Crippen LogP contribution is 2.27. The van der Waals surface area contributed by atoms with E-state index in [1.54, 1.807) is 12.4 Å². The van der Waals surface area contributed by atoms with Gasteiger partial charge >= 0.3 is 0 Å². The fourth-order valence-electron chi connectivity index (χ4n) is 2.79. The van der Waals surface area contributed by atoms with Gasteiger partial charge in [0.1, 0.15) is 6.10 Å². The van der Waals surface area contributed by atoms with Gasteiger partial charge in [-0.3, -0.25) is 9.78 Å². The summed E-state index contributed by atoms with van der Waals surface area (Å²) < 4.78 is 5.90. The predicted octanol–water partition coefficient (Wildman–Crippen LogP) is 3.27. The summed E-state index contributed by atoms with van der Waals surface area (Å²) in [6.07, 6.45) is 3.67. The van der Waals surface area contributed by atoms with Crippen molar-refractivity contribution >= 4 is 17.5 Å². The molecule has 2 atom stereocenters. The average Bonchev–Trinajstić information content (AvgIpc) is 2.56. The molecule has 2 aromatic rings. The zero-order valence-electron chi connectivity index (χ0n) is 13.0. The summed E-state index contributed by atoms with van der Waals surface area (Å²) >= 11 is 6.06. The van der Waals surface area contributed by atoms with E-state index in [9.17, 15) is 4.79 Å². The van der Waals surface area contributed by atoms with Crippen molar-refractivity contribution in [2.45, 2.75) is 25.5 Å². The summed E-state index contributed by atoms with van der Waals surface area (Å²) in [6, 6.07) is 11.4. The van der Waals surface area contributed by atoms with Crippen molar-refractivity contribution in [3.8, 4) is 0 Å². The summed E-state index contributed by atoms with van der Waals surface area (Å²) in [5.41, 5.74) is 1.98. The van der Waals surface area contributed by atoms with E-state index in [0.29, 0.717) is 24.6 Å². The monoisotopic (exact) mass is 330 g/mol. The van der Waals surface area contributed by atoms with Gasteiger partial charge < -0.3 is 9.64 Å². The Morgan fingerprint density at radius 3 is 2.87 bits per heavy atom. The van der Waals surface area contributed by atoms with Crippen molar-refractivity contribution in [3.63, 3.8) is 0 Å². The first-order chi connectivity index (χ1) is 11.1. The Bertz CT molecular complexity index is 678. The smallest absolute Gasteiger partial charge is 0.227 e. The number of halogens is 1. The van der Waals surface area contributed by atoms with Crippen molar-refractivity contribution in [3.05, 3.63) is 64.9 Å². The van der Waals surface area contributed by atoms with E-state index in [2.05, 4.69) is 4.98 Å². The average molecular weight is 331 g/mol. The molecule has 1 amide bonds. The highest BCUT2D eigenvalue weighted by molar-refractivity contribution is 6.30. The van der Waals surface area contributed by atoms with Crippen molar-refractivity contribution in [2.75, 3.05) is 13.2 Å². The first-order valence-electron chi connectivity index (χ1n) is 7.69. The molecule has 0 unspecified atom stereocenters. The van der Waals surface area contributed by atoms with E-state index >= 15 is 0 Å². The topological polar surface area (TPSA) is 42.4 Å². The zero-order chi connectivity index (χ0) is 16.2. The lowest BCUT2D eigenvalue weighted by Gasteiger charge is -2.38. The van der Waals surface area contributed by atoms with Crippen molar-refractivity contribution in [1.29, 1.82) is 0 Å². The maximum absolute atomic E-state index is 12.6. The quantitative estimate of drug-likeness (QED) is 0.867. The number of carbonyl (C=O) groups excluding carboxylic acids is 1. The van der Waals surface area contributed by atoms with Gasteiger partial charge in [-0.25, -0.2) is 0 Å². The largest absolute Gasteiger partial charge is 0.370 e. The Kier molecular flexibility index (Phi) is 4.94. The number of benzene rings is 1. The highest BCUT2D eigenvalue weighted by atomic mass is 35.5. The molecule has 1 saturated heterocycles. The number of hydrogen-bond acceptors (Lipinski definition) is 3.